The van der Waals surface area contributed by atoms with Crippen molar-refractivity contribution in [3.63, 3.8) is 0 Å². The molecule has 0 atom stereocenters. The average Bonchev–Trinajstić information content (AvgIpc) is 2.64. The number of pyridine rings is 1. The number of para-hydroxylation sites is 1. The molecule has 8 nitrogen and oxygen atoms in total. The molecule has 0 aliphatic carbocycles. The van der Waals surface area contributed by atoms with Gasteiger partial charge >= 0.3 is 6.18 Å². The Kier molecular flexibility index (Phi) is 4.74. The topological polar surface area (TPSA) is 117 Å². The second-order valence-corrected chi connectivity index (χ2v) is 5.66. The maximum absolute atomic E-state index is 12.7. The van der Waals surface area contributed by atoms with Crippen LogP contribution in [0.1, 0.15) is 15.9 Å². The largest absolute Gasteiger partial charge is 0.416 e. The van der Waals surface area contributed by atoms with E-state index in [1.807, 2.05) is 0 Å². The van der Waals surface area contributed by atoms with Crippen LogP contribution in [0.5, 0.6) is 0 Å². The van der Waals surface area contributed by atoms with Gasteiger partial charge in [-0.3, -0.25) is 30.6 Å². The average molecular weight is 392 g/mol. The van der Waals surface area contributed by atoms with E-state index in [4.69, 9.17) is 0 Å². The number of H-pyrrole nitrogens is 1. The number of benzene rings is 2. The molecule has 28 heavy (non-hydrogen) atoms. The number of nitro benzene ring substituents is 1. The highest BCUT2D eigenvalue weighted by atomic mass is 19.4. The number of hydrazine groups is 1. The number of amides is 1. The van der Waals surface area contributed by atoms with E-state index in [2.05, 4.69) is 15.8 Å². The van der Waals surface area contributed by atoms with Gasteiger partial charge in [-0.1, -0.05) is 18.2 Å². The minimum absolute atomic E-state index is 0.0126. The van der Waals surface area contributed by atoms with Crippen molar-refractivity contribution in [3.05, 3.63) is 80.1 Å². The van der Waals surface area contributed by atoms with E-state index in [-0.39, 0.29) is 11.3 Å². The van der Waals surface area contributed by atoms with Crippen molar-refractivity contribution in [3.8, 4) is 0 Å². The fraction of sp³-hybridized carbons (Fsp3) is 0.0588. The van der Waals surface area contributed by atoms with Gasteiger partial charge in [0, 0.05) is 23.0 Å². The van der Waals surface area contributed by atoms with Crippen molar-refractivity contribution in [2.75, 3.05) is 5.43 Å². The van der Waals surface area contributed by atoms with E-state index in [9.17, 15) is 32.9 Å². The molecular weight excluding hydrogens is 381 g/mol. The van der Waals surface area contributed by atoms with Gasteiger partial charge < -0.3 is 4.98 Å². The number of rotatable bonds is 4. The van der Waals surface area contributed by atoms with Crippen molar-refractivity contribution >= 4 is 28.2 Å². The Morgan fingerprint density at radius 3 is 2.50 bits per heavy atom. The Morgan fingerprint density at radius 1 is 1.11 bits per heavy atom. The van der Waals surface area contributed by atoms with Crippen LogP contribution < -0.4 is 16.4 Å². The molecule has 0 aliphatic heterocycles. The van der Waals surface area contributed by atoms with Crippen molar-refractivity contribution in [1.82, 2.24) is 10.4 Å². The number of nitrogens with one attached hydrogen (secondary N) is 3. The molecular formula is C17H11F3N4O4. The van der Waals surface area contributed by atoms with E-state index >= 15 is 0 Å². The Bertz CT molecular complexity index is 1140. The van der Waals surface area contributed by atoms with Gasteiger partial charge in [-0.05, 0) is 18.2 Å². The van der Waals surface area contributed by atoms with Gasteiger partial charge in [0.05, 0.1) is 16.1 Å². The molecule has 0 saturated heterocycles. The van der Waals surface area contributed by atoms with Crippen LogP contribution >= 0.6 is 0 Å². The van der Waals surface area contributed by atoms with E-state index in [1.54, 1.807) is 24.3 Å². The highest BCUT2D eigenvalue weighted by Gasteiger charge is 2.33. The molecule has 3 N–H and O–H groups in total. The number of nitro groups is 1. The third-order valence-corrected chi connectivity index (χ3v) is 3.83. The fourth-order valence-corrected chi connectivity index (χ4v) is 2.55. The number of aromatic amines is 1. The van der Waals surface area contributed by atoms with Gasteiger partial charge in [-0.25, -0.2) is 0 Å². The number of carbonyl (C=O) groups excluding carboxylic acids is 1. The van der Waals surface area contributed by atoms with Gasteiger partial charge in [-0.2, -0.15) is 13.2 Å². The summed E-state index contributed by atoms with van der Waals surface area (Å²) >= 11 is 0. The molecule has 3 rings (SSSR count). The zero-order valence-corrected chi connectivity index (χ0v) is 13.8. The minimum atomic E-state index is -4.75. The summed E-state index contributed by atoms with van der Waals surface area (Å²) in [6.07, 6.45) is -4.75. The van der Waals surface area contributed by atoms with E-state index in [1.165, 1.54) is 0 Å². The molecule has 0 spiro atoms. The van der Waals surface area contributed by atoms with Gasteiger partial charge in [0.1, 0.15) is 5.69 Å². The smallest absolute Gasteiger partial charge is 0.322 e. The van der Waals surface area contributed by atoms with Crippen LogP contribution in [-0.2, 0) is 6.18 Å². The van der Waals surface area contributed by atoms with Crippen LogP contribution in [0, 0.1) is 10.1 Å². The maximum atomic E-state index is 12.7. The highest BCUT2D eigenvalue weighted by Crippen LogP contribution is 2.34. The Hall–Kier alpha value is -3.89. The number of aromatic nitrogens is 1. The minimum Gasteiger partial charge on any atom is -0.322 e. The second-order valence-electron chi connectivity index (χ2n) is 5.66. The predicted molar refractivity (Wildman–Crippen MR) is 93.8 cm³/mol. The third kappa shape index (κ3) is 3.77. The van der Waals surface area contributed by atoms with Gasteiger partial charge in [0.25, 0.3) is 11.6 Å². The molecule has 0 bridgehead atoms. The number of hydrogen-bond donors (Lipinski definition) is 3. The molecule has 0 aliphatic rings. The number of hydrogen-bond acceptors (Lipinski definition) is 5. The van der Waals surface area contributed by atoms with E-state index in [0.29, 0.717) is 23.0 Å². The summed E-state index contributed by atoms with van der Waals surface area (Å²) in [7, 11) is 0. The molecule has 0 saturated carbocycles. The predicted octanol–water partition coefficient (Wildman–Crippen LogP) is 3.21. The van der Waals surface area contributed by atoms with Gasteiger partial charge in [0.2, 0.25) is 5.56 Å². The van der Waals surface area contributed by atoms with Crippen molar-refractivity contribution in [2.24, 2.45) is 0 Å². The number of halogens is 3. The zero-order chi connectivity index (χ0) is 20.5. The molecule has 0 unspecified atom stereocenters. The van der Waals surface area contributed by atoms with Crippen molar-refractivity contribution in [2.45, 2.75) is 6.18 Å². The Labute approximate surface area is 154 Å². The monoisotopic (exact) mass is 392 g/mol. The first-order chi connectivity index (χ1) is 13.2. The maximum Gasteiger partial charge on any atom is 0.416 e. The van der Waals surface area contributed by atoms with Crippen LogP contribution in [0.3, 0.4) is 0 Å². The molecule has 1 amide bonds. The molecule has 0 radical (unpaired) electrons. The molecule has 3 aromatic rings. The molecule has 1 heterocycles. The van der Waals surface area contributed by atoms with Crippen molar-refractivity contribution in [1.29, 1.82) is 0 Å². The molecule has 1 aromatic heterocycles. The summed E-state index contributed by atoms with van der Waals surface area (Å²) in [4.78, 5) is 36.7. The first kappa shape index (κ1) is 18.9. The lowest BCUT2D eigenvalue weighted by atomic mass is 10.1. The number of carbonyl (C=O) groups is 1. The summed E-state index contributed by atoms with van der Waals surface area (Å²) in [6.45, 7) is 0. The number of nitrogens with zero attached hydrogens (tertiary/aromatic N) is 1. The van der Waals surface area contributed by atoms with Crippen LogP contribution in [-0.4, -0.2) is 15.8 Å². The lowest BCUT2D eigenvalue weighted by Crippen LogP contribution is -2.30. The zero-order valence-electron chi connectivity index (χ0n) is 13.8. The standard InChI is InChI=1S/C17H11F3N4O4/c18-17(19,20)9-5-6-13(14(7-9)24(27)28)22-23-16(26)11-8-15(25)21-12-4-2-1-3-10(11)12/h1-8,22H,(H,21,25)(H,23,26). The Balaban J connectivity index is 1.90. The lowest BCUT2D eigenvalue weighted by Gasteiger charge is -2.12. The lowest BCUT2D eigenvalue weighted by molar-refractivity contribution is -0.384. The van der Waals surface area contributed by atoms with E-state index < -0.39 is 33.8 Å². The summed E-state index contributed by atoms with van der Waals surface area (Å²) in [5, 5.41) is 11.5. The second kappa shape index (κ2) is 7.02. The summed E-state index contributed by atoms with van der Waals surface area (Å²) in [5.74, 6) is -0.795. The van der Waals surface area contributed by atoms with Crippen LogP contribution in [0.15, 0.2) is 53.3 Å². The molecule has 11 heteroatoms. The summed E-state index contributed by atoms with van der Waals surface area (Å²) < 4.78 is 38.2. The fourth-order valence-electron chi connectivity index (χ4n) is 2.55. The quantitative estimate of drug-likeness (QED) is 0.466. The van der Waals surface area contributed by atoms with Crippen LogP contribution in [0.4, 0.5) is 24.5 Å². The highest BCUT2D eigenvalue weighted by molar-refractivity contribution is 6.06. The summed E-state index contributed by atoms with van der Waals surface area (Å²) in [5.41, 5.74) is 1.83. The van der Waals surface area contributed by atoms with E-state index in [0.717, 1.165) is 12.1 Å². The van der Waals surface area contributed by atoms with Crippen molar-refractivity contribution < 1.29 is 22.9 Å². The van der Waals surface area contributed by atoms with Crippen LogP contribution in [0.2, 0.25) is 0 Å². The molecule has 144 valence electrons. The number of anilines is 1. The normalized spacial score (nSPS) is 11.2. The van der Waals surface area contributed by atoms with Crippen LogP contribution in [0.25, 0.3) is 10.9 Å². The van der Waals surface area contributed by atoms with Gasteiger partial charge in [0.15, 0.2) is 0 Å². The number of alkyl halides is 3. The first-order valence-corrected chi connectivity index (χ1v) is 7.71. The summed E-state index contributed by atoms with van der Waals surface area (Å²) in [6, 6.07) is 9.34. The van der Waals surface area contributed by atoms with Gasteiger partial charge in [-0.15, -0.1) is 0 Å². The molecule has 2 aromatic carbocycles. The number of fused-ring (bicyclic) bond motifs is 1. The SMILES string of the molecule is O=C(NNc1ccc(C(F)(F)F)cc1[N+](=O)[O-])c1cc(=O)[nH]c2ccccc12. The molecule has 0 fully saturated rings. The third-order valence-electron chi connectivity index (χ3n) is 3.83. The Morgan fingerprint density at radius 2 is 1.82 bits per heavy atom. The first-order valence-electron chi connectivity index (χ1n) is 7.71.